The zero-order valence-electron chi connectivity index (χ0n) is 6.38. The fraction of sp³-hybridized carbons (Fsp3) is 0.750. The summed E-state index contributed by atoms with van der Waals surface area (Å²) in [5.41, 5.74) is 1.26. The third-order valence-corrected chi connectivity index (χ3v) is 2.25. The molecule has 58 valence electrons. The first kappa shape index (κ1) is 7.70. The normalized spacial score (nSPS) is 24.0. The van der Waals surface area contributed by atoms with Crippen molar-refractivity contribution >= 4 is 0 Å². The van der Waals surface area contributed by atoms with Crippen LogP contribution in [0.15, 0.2) is 11.1 Å². The molecule has 1 rings (SSSR count). The molecule has 0 bridgehead atoms. The van der Waals surface area contributed by atoms with E-state index in [1.807, 2.05) is 6.92 Å². The Morgan fingerprint density at radius 3 is 2.30 bits per heavy atom. The maximum Gasteiger partial charge on any atom is 0.269 e. The SMILES string of the molecule is CCC1=C(C)C(F)(F)CC1. The highest BCUT2D eigenvalue weighted by Gasteiger charge is 2.37. The van der Waals surface area contributed by atoms with Crippen LogP contribution in [0.5, 0.6) is 0 Å². The molecule has 0 saturated carbocycles. The second kappa shape index (κ2) is 2.33. The molecular weight excluding hydrogens is 134 g/mol. The molecule has 0 amide bonds. The van der Waals surface area contributed by atoms with Crippen molar-refractivity contribution in [3.63, 3.8) is 0 Å². The lowest BCUT2D eigenvalue weighted by Crippen LogP contribution is -2.11. The van der Waals surface area contributed by atoms with Crippen molar-refractivity contribution in [2.24, 2.45) is 0 Å². The Labute approximate surface area is 59.9 Å². The topological polar surface area (TPSA) is 0 Å². The maximum atomic E-state index is 12.7. The number of hydrogen-bond donors (Lipinski definition) is 0. The molecule has 0 nitrogen and oxygen atoms in total. The fourth-order valence-electron chi connectivity index (χ4n) is 1.38. The molecule has 1 aliphatic carbocycles. The number of halogens is 2. The van der Waals surface area contributed by atoms with Gasteiger partial charge in [0, 0.05) is 6.42 Å². The summed E-state index contributed by atoms with van der Waals surface area (Å²) < 4.78 is 25.4. The van der Waals surface area contributed by atoms with E-state index in [1.165, 1.54) is 0 Å². The van der Waals surface area contributed by atoms with Crippen molar-refractivity contribution in [2.45, 2.75) is 39.0 Å². The molecule has 0 atom stereocenters. The Balaban J connectivity index is 2.84. The smallest absolute Gasteiger partial charge is 0.202 e. The molecule has 1 aliphatic rings. The summed E-state index contributed by atoms with van der Waals surface area (Å²) in [5, 5.41) is 0. The summed E-state index contributed by atoms with van der Waals surface area (Å²) >= 11 is 0. The average Bonchev–Trinajstić information content (AvgIpc) is 2.10. The van der Waals surface area contributed by atoms with E-state index in [-0.39, 0.29) is 6.42 Å². The minimum absolute atomic E-state index is 0.0298. The second-order valence-electron chi connectivity index (χ2n) is 2.79. The Morgan fingerprint density at radius 2 is 2.10 bits per heavy atom. The van der Waals surface area contributed by atoms with Crippen LogP contribution in [0.2, 0.25) is 0 Å². The van der Waals surface area contributed by atoms with Gasteiger partial charge in [0.25, 0.3) is 5.92 Å². The summed E-state index contributed by atoms with van der Waals surface area (Å²) in [6, 6.07) is 0. The van der Waals surface area contributed by atoms with E-state index in [9.17, 15) is 8.78 Å². The number of hydrogen-bond acceptors (Lipinski definition) is 0. The second-order valence-corrected chi connectivity index (χ2v) is 2.79. The van der Waals surface area contributed by atoms with Gasteiger partial charge in [-0.05, 0) is 25.3 Å². The van der Waals surface area contributed by atoms with Crippen molar-refractivity contribution < 1.29 is 8.78 Å². The molecule has 10 heavy (non-hydrogen) atoms. The average molecular weight is 146 g/mol. The third-order valence-electron chi connectivity index (χ3n) is 2.25. The standard InChI is InChI=1S/C8H12F2/c1-3-7-4-5-8(9,10)6(7)2/h3-5H2,1-2H3. The molecule has 0 saturated heterocycles. The van der Waals surface area contributed by atoms with E-state index in [0.29, 0.717) is 12.0 Å². The van der Waals surface area contributed by atoms with Crippen LogP contribution in [-0.2, 0) is 0 Å². The van der Waals surface area contributed by atoms with Gasteiger partial charge in [0.15, 0.2) is 0 Å². The summed E-state index contributed by atoms with van der Waals surface area (Å²) in [6.07, 6.45) is 1.40. The molecule has 0 radical (unpaired) electrons. The maximum absolute atomic E-state index is 12.7. The van der Waals surface area contributed by atoms with Crippen molar-refractivity contribution in [2.75, 3.05) is 0 Å². The zero-order chi connectivity index (χ0) is 7.78. The molecule has 2 heteroatoms. The Bertz CT molecular complexity index is 168. The quantitative estimate of drug-likeness (QED) is 0.498. The van der Waals surface area contributed by atoms with Gasteiger partial charge >= 0.3 is 0 Å². The molecule has 0 aromatic rings. The minimum atomic E-state index is -2.49. The van der Waals surface area contributed by atoms with Gasteiger partial charge in [-0.25, -0.2) is 8.78 Å². The van der Waals surface area contributed by atoms with Crippen LogP contribution in [0.3, 0.4) is 0 Å². The number of alkyl halides is 2. The van der Waals surface area contributed by atoms with Crippen LogP contribution in [-0.4, -0.2) is 5.92 Å². The third kappa shape index (κ3) is 1.07. The van der Waals surface area contributed by atoms with E-state index in [4.69, 9.17) is 0 Å². The van der Waals surface area contributed by atoms with Crippen LogP contribution in [0.4, 0.5) is 8.78 Å². The van der Waals surface area contributed by atoms with Gasteiger partial charge in [-0.3, -0.25) is 0 Å². The lowest BCUT2D eigenvalue weighted by molar-refractivity contribution is 0.0432. The zero-order valence-corrected chi connectivity index (χ0v) is 6.38. The van der Waals surface area contributed by atoms with E-state index < -0.39 is 5.92 Å². The largest absolute Gasteiger partial charge is 0.269 e. The first-order valence-electron chi connectivity index (χ1n) is 3.65. The van der Waals surface area contributed by atoms with Crippen molar-refractivity contribution in [3.8, 4) is 0 Å². The van der Waals surface area contributed by atoms with Crippen molar-refractivity contribution in [3.05, 3.63) is 11.1 Å². The van der Waals surface area contributed by atoms with Gasteiger partial charge in [0.05, 0.1) is 0 Å². The van der Waals surface area contributed by atoms with Crippen LogP contribution in [0.25, 0.3) is 0 Å². The van der Waals surface area contributed by atoms with Crippen LogP contribution < -0.4 is 0 Å². The van der Waals surface area contributed by atoms with Gasteiger partial charge in [-0.15, -0.1) is 0 Å². The fourth-order valence-corrected chi connectivity index (χ4v) is 1.38. The molecular formula is C8H12F2. The Hall–Kier alpha value is -0.400. The van der Waals surface area contributed by atoms with E-state index in [0.717, 1.165) is 12.0 Å². The van der Waals surface area contributed by atoms with Crippen molar-refractivity contribution in [1.82, 2.24) is 0 Å². The first-order valence-corrected chi connectivity index (χ1v) is 3.65. The van der Waals surface area contributed by atoms with Gasteiger partial charge < -0.3 is 0 Å². The molecule has 0 aliphatic heterocycles. The van der Waals surface area contributed by atoms with Gasteiger partial charge in [0.2, 0.25) is 0 Å². The summed E-state index contributed by atoms with van der Waals surface area (Å²) in [7, 11) is 0. The summed E-state index contributed by atoms with van der Waals surface area (Å²) in [5.74, 6) is -2.49. The number of allylic oxidation sites excluding steroid dienone is 2. The molecule has 0 N–H and O–H groups in total. The molecule has 0 aromatic heterocycles. The van der Waals surface area contributed by atoms with Crippen LogP contribution in [0, 0.1) is 0 Å². The Morgan fingerprint density at radius 1 is 1.50 bits per heavy atom. The molecule has 0 unspecified atom stereocenters. The highest BCUT2D eigenvalue weighted by Crippen LogP contribution is 2.40. The van der Waals surface area contributed by atoms with E-state index in [1.54, 1.807) is 6.92 Å². The molecule has 0 spiro atoms. The number of rotatable bonds is 1. The predicted molar refractivity (Wildman–Crippen MR) is 37.2 cm³/mol. The first-order chi connectivity index (χ1) is 4.58. The molecule has 0 fully saturated rings. The predicted octanol–water partition coefficient (Wildman–Crippen LogP) is 3.14. The van der Waals surface area contributed by atoms with Gasteiger partial charge in [0.1, 0.15) is 0 Å². The van der Waals surface area contributed by atoms with Crippen LogP contribution in [0.1, 0.15) is 33.1 Å². The van der Waals surface area contributed by atoms with Gasteiger partial charge in [-0.1, -0.05) is 12.5 Å². The Kier molecular flexibility index (Phi) is 1.80. The van der Waals surface area contributed by atoms with Gasteiger partial charge in [-0.2, -0.15) is 0 Å². The highest BCUT2D eigenvalue weighted by atomic mass is 19.3. The molecule has 0 aromatic carbocycles. The highest BCUT2D eigenvalue weighted by molar-refractivity contribution is 5.25. The van der Waals surface area contributed by atoms with E-state index >= 15 is 0 Å². The monoisotopic (exact) mass is 146 g/mol. The van der Waals surface area contributed by atoms with E-state index in [2.05, 4.69) is 0 Å². The lowest BCUT2D eigenvalue weighted by atomic mass is 10.1. The lowest BCUT2D eigenvalue weighted by Gasteiger charge is -2.08. The van der Waals surface area contributed by atoms with Crippen LogP contribution >= 0.6 is 0 Å². The summed E-state index contributed by atoms with van der Waals surface area (Å²) in [6.45, 7) is 3.48. The minimum Gasteiger partial charge on any atom is -0.202 e. The van der Waals surface area contributed by atoms with Crippen molar-refractivity contribution in [1.29, 1.82) is 0 Å². The summed E-state index contributed by atoms with van der Waals surface area (Å²) in [4.78, 5) is 0. The molecule has 0 heterocycles.